The van der Waals surface area contributed by atoms with Gasteiger partial charge in [0.15, 0.2) is 0 Å². The average Bonchev–Trinajstić information content (AvgIpc) is 2.94. The third-order valence-electron chi connectivity index (χ3n) is 2.81. The molecule has 20 heavy (non-hydrogen) atoms. The van der Waals surface area contributed by atoms with Gasteiger partial charge in [0.25, 0.3) is 0 Å². The third-order valence-corrected chi connectivity index (χ3v) is 2.81. The molecule has 108 valence electrons. The fraction of sp³-hybridized carbons (Fsp3) is 0.286. The largest absolute Gasteiger partial charge is 0.326 e. The Labute approximate surface area is 124 Å². The van der Waals surface area contributed by atoms with E-state index in [0.29, 0.717) is 6.42 Å². The zero-order chi connectivity index (χ0) is 13.5. The van der Waals surface area contributed by atoms with E-state index in [9.17, 15) is 4.79 Å². The second-order valence-corrected chi connectivity index (χ2v) is 4.30. The summed E-state index contributed by atoms with van der Waals surface area (Å²) in [6, 6.07) is 9.61. The van der Waals surface area contributed by atoms with Gasteiger partial charge in [0, 0.05) is 18.3 Å². The molecule has 0 bridgehead atoms. The molecule has 0 aliphatic carbocycles. The first kappa shape index (κ1) is 16.2. The molecule has 0 saturated carbocycles. The minimum atomic E-state index is 0. The minimum absolute atomic E-state index is 0. The van der Waals surface area contributed by atoms with Crippen molar-refractivity contribution < 1.29 is 4.79 Å². The molecular formula is C14H19ClN4O. The maximum atomic E-state index is 11.6. The van der Waals surface area contributed by atoms with Gasteiger partial charge in [-0.1, -0.05) is 12.1 Å². The normalized spacial score (nSPS) is 9.85. The molecule has 5 nitrogen and oxygen atoms in total. The molecule has 1 amide bonds. The number of carbonyl (C=O) groups excluding carboxylic acids is 1. The lowest BCUT2D eigenvalue weighted by Crippen LogP contribution is -2.15. The molecule has 1 aromatic carbocycles. The Morgan fingerprint density at radius 1 is 1.25 bits per heavy atom. The number of hydrogen-bond donors (Lipinski definition) is 3. The van der Waals surface area contributed by atoms with Gasteiger partial charge in [-0.05, 0) is 43.8 Å². The second-order valence-electron chi connectivity index (χ2n) is 4.30. The Balaban J connectivity index is 0.00000200. The molecule has 0 aliphatic rings. The van der Waals surface area contributed by atoms with Crippen molar-refractivity contribution in [2.24, 2.45) is 0 Å². The number of amides is 1. The molecule has 0 radical (unpaired) electrons. The maximum absolute atomic E-state index is 11.6. The number of aromatic nitrogens is 2. The van der Waals surface area contributed by atoms with Gasteiger partial charge in [0.05, 0.1) is 5.69 Å². The first-order valence-electron chi connectivity index (χ1n) is 6.34. The molecule has 0 atom stereocenters. The fourth-order valence-corrected chi connectivity index (χ4v) is 1.80. The highest BCUT2D eigenvalue weighted by Crippen LogP contribution is 2.18. The van der Waals surface area contributed by atoms with Crippen LogP contribution in [0, 0.1) is 0 Å². The number of nitrogens with one attached hydrogen (secondary N) is 3. The summed E-state index contributed by atoms with van der Waals surface area (Å²) in [5.74, 6) is 0.0459. The van der Waals surface area contributed by atoms with Gasteiger partial charge in [-0.3, -0.25) is 9.89 Å². The zero-order valence-corrected chi connectivity index (χ0v) is 12.2. The molecule has 1 heterocycles. The Morgan fingerprint density at radius 3 is 2.60 bits per heavy atom. The quantitative estimate of drug-likeness (QED) is 0.717. The average molecular weight is 295 g/mol. The van der Waals surface area contributed by atoms with Crippen molar-refractivity contribution in [1.82, 2.24) is 15.5 Å². The topological polar surface area (TPSA) is 69.8 Å². The number of anilines is 1. The molecule has 2 rings (SSSR count). The van der Waals surface area contributed by atoms with Gasteiger partial charge in [0.2, 0.25) is 5.91 Å². The summed E-state index contributed by atoms with van der Waals surface area (Å²) in [6.07, 6.45) is 3.09. The molecule has 0 saturated heterocycles. The van der Waals surface area contributed by atoms with Crippen LogP contribution < -0.4 is 10.6 Å². The van der Waals surface area contributed by atoms with E-state index < -0.39 is 0 Å². The van der Waals surface area contributed by atoms with Crippen LogP contribution >= 0.6 is 12.4 Å². The highest BCUT2D eigenvalue weighted by atomic mass is 35.5. The second kappa shape index (κ2) is 8.35. The van der Waals surface area contributed by atoms with E-state index in [-0.39, 0.29) is 18.3 Å². The molecule has 2 aromatic rings. The van der Waals surface area contributed by atoms with E-state index in [2.05, 4.69) is 20.8 Å². The Morgan fingerprint density at radius 2 is 2.00 bits per heavy atom. The lowest BCUT2D eigenvalue weighted by molar-refractivity contribution is -0.116. The van der Waals surface area contributed by atoms with Crippen LogP contribution in [0.5, 0.6) is 0 Å². The van der Waals surface area contributed by atoms with E-state index in [1.54, 1.807) is 6.20 Å². The van der Waals surface area contributed by atoms with Gasteiger partial charge >= 0.3 is 0 Å². The lowest BCUT2D eigenvalue weighted by atomic mass is 10.1. The van der Waals surface area contributed by atoms with Crippen LogP contribution in [0.2, 0.25) is 0 Å². The van der Waals surface area contributed by atoms with E-state index >= 15 is 0 Å². The summed E-state index contributed by atoms with van der Waals surface area (Å²) in [7, 11) is 1.88. The number of halogens is 1. The number of carbonyl (C=O) groups is 1. The summed E-state index contributed by atoms with van der Waals surface area (Å²) >= 11 is 0. The smallest absolute Gasteiger partial charge is 0.224 e. The number of benzene rings is 1. The Kier molecular flexibility index (Phi) is 6.76. The number of aromatic amines is 1. The van der Waals surface area contributed by atoms with Crippen LogP contribution in [0.25, 0.3) is 11.3 Å². The number of nitrogens with zero attached hydrogens (tertiary/aromatic N) is 1. The van der Waals surface area contributed by atoms with Crippen LogP contribution in [0.1, 0.15) is 12.8 Å². The maximum Gasteiger partial charge on any atom is 0.224 e. The van der Waals surface area contributed by atoms with E-state index in [1.807, 2.05) is 37.4 Å². The van der Waals surface area contributed by atoms with E-state index in [1.165, 1.54) is 0 Å². The first-order valence-corrected chi connectivity index (χ1v) is 6.34. The summed E-state index contributed by atoms with van der Waals surface area (Å²) in [5, 5.41) is 12.7. The molecule has 0 aliphatic heterocycles. The summed E-state index contributed by atoms with van der Waals surface area (Å²) in [5.41, 5.74) is 2.83. The van der Waals surface area contributed by atoms with Crippen LogP contribution in [0.4, 0.5) is 5.69 Å². The van der Waals surface area contributed by atoms with Gasteiger partial charge in [0.1, 0.15) is 0 Å². The van der Waals surface area contributed by atoms with Crippen LogP contribution in [0.3, 0.4) is 0 Å². The molecule has 3 N–H and O–H groups in total. The van der Waals surface area contributed by atoms with Crippen molar-refractivity contribution in [3.63, 3.8) is 0 Å². The van der Waals surface area contributed by atoms with E-state index in [4.69, 9.17) is 0 Å². The number of hydrogen-bond acceptors (Lipinski definition) is 3. The van der Waals surface area contributed by atoms with Gasteiger partial charge in [-0.25, -0.2) is 0 Å². The Hall–Kier alpha value is -1.85. The van der Waals surface area contributed by atoms with Gasteiger partial charge in [-0.2, -0.15) is 5.10 Å². The van der Waals surface area contributed by atoms with Gasteiger partial charge < -0.3 is 10.6 Å². The Bertz CT molecular complexity index is 510. The number of rotatable bonds is 6. The minimum Gasteiger partial charge on any atom is -0.326 e. The molecule has 0 fully saturated rings. The highest BCUT2D eigenvalue weighted by molar-refractivity contribution is 5.90. The van der Waals surface area contributed by atoms with Crippen molar-refractivity contribution in [1.29, 1.82) is 0 Å². The predicted octanol–water partition coefficient (Wildman–Crippen LogP) is 2.44. The van der Waals surface area contributed by atoms with Crippen LogP contribution in [-0.2, 0) is 4.79 Å². The van der Waals surface area contributed by atoms with E-state index in [0.717, 1.165) is 29.9 Å². The van der Waals surface area contributed by atoms with Gasteiger partial charge in [-0.15, -0.1) is 12.4 Å². The van der Waals surface area contributed by atoms with Crippen molar-refractivity contribution in [3.8, 4) is 11.3 Å². The molecule has 0 spiro atoms. The lowest BCUT2D eigenvalue weighted by Gasteiger charge is -2.06. The molecular weight excluding hydrogens is 276 g/mol. The number of H-pyrrole nitrogens is 1. The monoisotopic (exact) mass is 294 g/mol. The summed E-state index contributed by atoms with van der Waals surface area (Å²) < 4.78 is 0. The van der Waals surface area contributed by atoms with Crippen molar-refractivity contribution in [2.45, 2.75) is 12.8 Å². The zero-order valence-electron chi connectivity index (χ0n) is 11.3. The summed E-state index contributed by atoms with van der Waals surface area (Å²) in [4.78, 5) is 11.6. The SMILES string of the molecule is CNCCCC(=O)Nc1ccc(-c2ccn[nH]2)cc1.Cl. The van der Waals surface area contributed by atoms with Crippen LogP contribution in [0.15, 0.2) is 36.5 Å². The standard InChI is InChI=1S/C14H18N4O.ClH/c1-15-9-2-3-14(19)17-12-6-4-11(5-7-12)13-8-10-16-18-13;/h4-8,10,15H,2-3,9H2,1H3,(H,16,18)(H,17,19);1H. The van der Waals surface area contributed by atoms with Crippen molar-refractivity contribution in [3.05, 3.63) is 36.5 Å². The van der Waals surface area contributed by atoms with Crippen LogP contribution in [-0.4, -0.2) is 29.7 Å². The summed E-state index contributed by atoms with van der Waals surface area (Å²) in [6.45, 7) is 0.853. The van der Waals surface area contributed by atoms with Crippen molar-refractivity contribution >= 4 is 24.0 Å². The predicted molar refractivity (Wildman–Crippen MR) is 83.1 cm³/mol. The fourth-order valence-electron chi connectivity index (χ4n) is 1.80. The highest BCUT2D eigenvalue weighted by Gasteiger charge is 2.03. The molecule has 1 aromatic heterocycles. The third kappa shape index (κ3) is 4.68. The first-order chi connectivity index (χ1) is 9.29. The molecule has 6 heteroatoms. The molecule has 0 unspecified atom stereocenters. The van der Waals surface area contributed by atoms with Crippen molar-refractivity contribution in [2.75, 3.05) is 18.9 Å².